The second-order valence-electron chi connectivity index (χ2n) is 8.99. The Kier molecular flexibility index (Phi) is 7.25. The Morgan fingerprint density at radius 3 is 2.49 bits per heavy atom. The lowest BCUT2D eigenvalue weighted by atomic mass is 9.98. The summed E-state index contributed by atoms with van der Waals surface area (Å²) < 4.78 is 74.3. The number of amides is 1. The van der Waals surface area contributed by atoms with Gasteiger partial charge in [-0.25, -0.2) is 18.1 Å². The number of nitrogens with zero attached hydrogens (tertiary/aromatic N) is 2. The molecule has 0 aliphatic rings. The number of benzene rings is 1. The molecule has 1 atom stereocenters. The number of carbonyl (C=O) groups is 1. The van der Waals surface area contributed by atoms with E-state index in [0.29, 0.717) is 5.56 Å². The molecule has 0 saturated carbocycles. The molecule has 0 saturated heterocycles. The van der Waals surface area contributed by atoms with Crippen LogP contribution < -0.4 is 15.5 Å². The van der Waals surface area contributed by atoms with Crippen LogP contribution in [0, 0.1) is 6.92 Å². The summed E-state index contributed by atoms with van der Waals surface area (Å²) in [5.74, 6) is -0.903. The number of nitrogens with one attached hydrogen (secondary N) is 2. The number of aromatic nitrogens is 2. The molecule has 0 bridgehead atoms. The van der Waals surface area contributed by atoms with E-state index in [1.165, 1.54) is 26.0 Å². The minimum atomic E-state index is -4.77. The van der Waals surface area contributed by atoms with E-state index in [4.69, 9.17) is 16.0 Å². The summed E-state index contributed by atoms with van der Waals surface area (Å²) in [4.78, 5) is 29.7. The fraction of sp³-hybridized carbons (Fsp3) is 0.240. The number of hydrogen-bond acceptors (Lipinski definition) is 7. The van der Waals surface area contributed by atoms with E-state index in [1.54, 1.807) is 34.8 Å². The van der Waals surface area contributed by atoms with Crippen LogP contribution in [0.4, 0.5) is 18.9 Å². The Balaban J connectivity index is 1.91. The van der Waals surface area contributed by atoms with Crippen LogP contribution in [0.2, 0.25) is 5.15 Å². The number of rotatable bonds is 6. The van der Waals surface area contributed by atoms with Crippen molar-refractivity contribution in [1.29, 1.82) is 0 Å². The molecule has 0 unspecified atom stereocenters. The summed E-state index contributed by atoms with van der Waals surface area (Å²) in [7, 11) is -2.19. The number of fused-ring (bicyclic) bond motifs is 1. The fourth-order valence-electron chi connectivity index (χ4n) is 4.07. The largest absolute Gasteiger partial charge is 0.455 e. The average molecular weight is 583 g/mol. The van der Waals surface area contributed by atoms with E-state index >= 15 is 0 Å². The zero-order chi connectivity index (χ0) is 28.9. The van der Waals surface area contributed by atoms with Gasteiger partial charge in [-0.2, -0.15) is 13.2 Å². The highest BCUT2D eigenvalue weighted by molar-refractivity contribution is 7.89. The maximum Gasteiger partial charge on any atom is 0.416 e. The van der Waals surface area contributed by atoms with Crippen molar-refractivity contribution in [3.8, 4) is 11.3 Å². The molecule has 2 N–H and O–H groups in total. The number of alkyl halides is 3. The van der Waals surface area contributed by atoms with Crippen molar-refractivity contribution in [2.45, 2.75) is 26.1 Å². The molecule has 1 amide bonds. The number of pyridine rings is 1. The Morgan fingerprint density at radius 1 is 1.21 bits per heavy atom. The first-order valence-electron chi connectivity index (χ1n) is 11.3. The summed E-state index contributed by atoms with van der Waals surface area (Å²) in [6.07, 6.45) is -0.570. The molecule has 0 aliphatic carbocycles. The van der Waals surface area contributed by atoms with Crippen molar-refractivity contribution in [2.24, 2.45) is 7.05 Å². The molecule has 206 valence electrons. The number of anilines is 1. The van der Waals surface area contributed by atoms with Crippen LogP contribution >= 0.6 is 11.6 Å². The molecule has 3 aromatic heterocycles. The zero-order valence-electron chi connectivity index (χ0n) is 21.0. The van der Waals surface area contributed by atoms with Gasteiger partial charge in [0.1, 0.15) is 16.5 Å². The van der Waals surface area contributed by atoms with Gasteiger partial charge >= 0.3 is 6.18 Å². The third-order valence-electron chi connectivity index (χ3n) is 5.86. The quantitative estimate of drug-likeness (QED) is 0.305. The van der Waals surface area contributed by atoms with Gasteiger partial charge in [0.05, 0.1) is 28.9 Å². The number of aryl methyl sites for hydroxylation is 1. The maximum atomic E-state index is 13.8. The summed E-state index contributed by atoms with van der Waals surface area (Å²) >= 11 is 5.90. The Hall–Kier alpha value is -3.84. The van der Waals surface area contributed by atoms with Gasteiger partial charge in [0.25, 0.3) is 5.91 Å². The predicted octanol–water partition coefficient (Wildman–Crippen LogP) is 5.04. The van der Waals surface area contributed by atoms with Crippen molar-refractivity contribution in [2.75, 3.05) is 11.6 Å². The molecule has 0 aliphatic heterocycles. The lowest BCUT2D eigenvalue weighted by molar-refractivity contribution is -0.137. The van der Waals surface area contributed by atoms with E-state index < -0.39 is 44.8 Å². The lowest BCUT2D eigenvalue weighted by Gasteiger charge is -2.21. The molecule has 0 radical (unpaired) electrons. The number of carbonyl (C=O) groups excluding carboxylic acids is 1. The molecular weight excluding hydrogens is 561 g/mol. The van der Waals surface area contributed by atoms with Gasteiger partial charge in [-0.05, 0) is 44.2 Å². The summed E-state index contributed by atoms with van der Waals surface area (Å²) in [5, 5.41) is 2.49. The van der Waals surface area contributed by atoms with Gasteiger partial charge in [0, 0.05) is 36.1 Å². The number of sulfonamides is 1. The molecule has 39 heavy (non-hydrogen) atoms. The SMILES string of the molecule is Cc1c(-c2ccn(C)c2)oc2c([C@@H](C)Nc3ccc(Cl)nc3C(=O)NS(C)(=O)=O)cc(C(F)(F)F)cc2c1=O. The molecular formula is C25H22ClF3N4O5S. The maximum absolute atomic E-state index is 13.8. The Morgan fingerprint density at radius 2 is 1.90 bits per heavy atom. The first kappa shape index (κ1) is 28.2. The molecule has 3 heterocycles. The van der Waals surface area contributed by atoms with Gasteiger partial charge in [-0.3, -0.25) is 9.59 Å². The third-order valence-corrected chi connectivity index (χ3v) is 6.63. The van der Waals surface area contributed by atoms with E-state index in [2.05, 4.69) is 10.3 Å². The number of halogens is 4. The van der Waals surface area contributed by atoms with Crippen LogP contribution in [0.25, 0.3) is 22.3 Å². The van der Waals surface area contributed by atoms with Crippen molar-refractivity contribution < 1.29 is 30.8 Å². The van der Waals surface area contributed by atoms with Gasteiger partial charge in [-0.15, -0.1) is 0 Å². The first-order valence-corrected chi connectivity index (χ1v) is 13.6. The summed E-state index contributed by atoms with van der Waals surface area (Å²) in [6, 6.07) is 4.95. The molecule has 0 fully saturated rings. The van der Waals surface area contributed by atoms with Gasteiger partial charge in [-0.1, -0.05) is 11.6 Å². The van der Waals surface area contributed by atoms with Crippen molar-refractivity contribution in [3.05, 3.63) is 80.5 Å². The van der Waals surface area contributed by atoms with E-state index in [9.17, 15) is 31.2 Å². The summed E-state index contributed by atoms with van der Waals surface area (Å²) in [6.45, 7) is 2.96. The Bertz CT molecular complexity index is 1780. The van der Waals surface area contributed by atoms with Crippen molar-refractivity contribution >= 4 is 44.2 Å². The summed E-state index contributed by atoms with van der Waals surface area (Å²) in [5.41, 5.74) is -1.53. The van der Waals surface area contributed by atoms with Gasteiger partial charge in [0.2, 0.25) is 10.0 Å². The monoisotopic (exact) mass is 582 g/mol. The van der Waals surface area contributed by atoms with Gasteiger partial charge < -0.3 is 14.3 Å². The molecule has 9 nitrogen and oxygen atoms in total. The van der Waals surface area contributed by atoms with Gasteiger partial charge in [0.15, 0.2) is 11.1 Å². The lowest BCUT2D eigenvalue weighted by Crippen LogP contribution is -2.31. The van der Waals surface area contributed by atoms with Crippen molar-refractivity contribution in [3.63, 3.8) is 0 Å². The van der Waals surface area contributed by atoms with Crippen LogP contribution in [-0.2, 0) is 23.2 Å². The van der Waals surface area contributed by atoms with Crippen LogP contribution in [-0.4, -0.2) is 30.1 Å². The highest BCUT2D eigenvalue weighted by Gasteiger charge is 2.33. The van der Waals surface area contributed by atoms with Crippen LogP contribution in [0.1, 0.15) is 40.1 Å². The highest BCUT2D eigenvalue weighted by Crippen LogP contribution is 2.37. The first-order chi connectivity index (χ1) is 18.0. The van der Waals surface area contributed by atoms with Crippen LogP contribution in [0.15, 0.2) is 51.9 Å². The van der Waals surface area contributed by atoms with Crippen molar-refractivity contribution in [1.82, 2.24) is 14.3 Å². The normalized spacial score (nSPS) is 12.9. The standard InChI is InChI=1S/C25H22ClF3N4O5S/c1-12-21(34)17-10-15(25(27,28)29)9-16(23(17)38-22(12)14-7-8-33(3)11-14)13(2)30-18-5-6-19(26)31-20(18)24(35)32-39(4,36)37/h5-11,13,30H,1-4H3,(H,32,35)/t13-/m1/s1. The smallest absolute Gasteiger partial charge is 0.416 e. The molecule has 14 heteroatoms. The zero-order valence-corrected chi connectivity index (χ0v) is 22.5. The third kappa shape index (κ3) is 5.93. The second-order valence-corrected chi connectivity index (χ2v) is 11.1. The van der Waals surface area contributed by atoms with Crippen LogP contribution in [0.5, 0.6) is 0 Å². The fourth-order valence-corrected chi connectivity index (χ4v) is 4.65. The second kappa shape index (κ2) is 10.0. The predicted molar refractivity (Wildman–Crippen MR) is 140 cm³/mol. The average Bonchev–Trinajstić information content (AvgIpc) is 3.26. The molecule has 0 spiro atoms. The number of hydrogen-bond donors (Lipinski definition) is 2. The topological polar surface area (TPSA) is 123 Å². The van der Waals surface area contributed by atoms with E-state index in [0.717, 1.165) is 18.4 Å². The van der Waals surface area contributed by atoms with E-state index in [-0.39, 0.29) is 38.7 Å². The molecule has 4 aromatic rings. The van der Waals surface area contributed by atoms with E-state index in [1.807, 2.05) is 0 Å². The minimum absolute atomic E-state index is 0.0173. The molecule has 4 rings (SSSR count). The highest BCUT2D eigenvalue weighted by atomic mass is 35.5. The van der Waals surface area contributed by atoms with Crippen LogP contribution in [0.3, 0.4) is 0 Å². The molecule has 1 aromatic carbocycles. The Labute approximate surface area is 225 Å². The minimum Gasteiger partial charge on any atom is -0.455 e.